The lowest BCUT2D eigenvalue weighted by Crippen LogP contribution is -2.37. The molecule has 32 heavy (non-hydrogen) atoms. The Balaban J connectivity index is 1.46. The van der Waals surface area contributed by atoms with Gasteiger partial charge in [-0.15, -0.1) is 0 Å². The average molecular weight is 432 g/mol. The quantitative estimate of drug-likeness (QED) is 0.482. The van der Waals surface area contributed by atoms with Gasteiger partial charge in [0.25, 0.3) is 0 Å². The molecule has 0 heterocycles. The lowest BCUT2D eigenvalue weighted by Gasteiger charge is -2.12. The normalized spacial score (nSPS) is 11.6. The van der Waals surface area contributed by atoms with Crippen molar-refractivity contribution < 1.29 is 14.4 Å². The zero-order valence-electron chi connectivity index (χ0n) is 18.5. The molecule has 1 atom stereocenters. The third-order valence-corrected chi connectivity index (χ3v) is 5.42. The fourth-order valence-electron chi connectivity index (χ4n) is 3.33. The number of fused-ring (bicyclic) bond motifs is 1. The molecule has 0 aliphatic heterocycles. The summed E-state index contributed by atoms with van der Waals surface area (Å²) in [6.07, 6.45) is 0.986. The summed E-state index contributed by atoms with van der Waals surface area (Å²) in [5.74, 6) is -0.560. The van der Waals surface area contributed by atoms with E-state index in [1.165, 1.54) is 0 Å². The van der Waals surface area contributed by atoms with E-state index in [1.54, 1.807) is 0 Å². The summed E-state index contributed by atoms with van der Waals surface area (Å²) < 4.78 is 0. The Morgan fingerprint density at radius 2 is 1.62 bits per heavy atom. The van der Waals surface area contributed by atoms with E-state index in [-0.39, 0.29) is 36.6 Å². The molecule has 0 aromatic heterocycles. The Kier molecular flexibility index (Phi) is 7.97. The molecule has 0 radical (unpaired) electrons. The molecule has 0 aliphatic rings. The molecule has 0 fully saturated rings. The van der Waals surface area contributed by atoms with Crippen LogP contribution in [-0.4, -0.2) is 24.3 Å². The first-order chi connectivity index (χ1) is 15.5. The molecule has 0 bridgehead atoms. The lowest BCUT2D eigenvalue weighted by molar-refractivity contribution is -0.125. The van der Waals surface area contributed by atoms with Crippen molar-refractivity contribution in [3.63, 3.8) is 0 Å². The van der Waals surface area contributed by atoms with Crippen LogP contribution in [0.2, 0.25) is 0 Å². The minimum atomic E-state index is -0.273. The van der Waals surface area contributed by atoms with Crippen LogP contribution in [0.4, 0.5) is 5.69 Å². The maximum Gasteiger partial charge on any atom is 0.239 e. The molecule has 166 valence electrons. The first-order valence-electron chi connectivity index (χ1n) is 10.9. The van der Waals surface area contributed by atoms with Gasteiger partial charge < -0.3 is 16.0 Å². The van der Waals surface area contributed by atoms with E-state index in [4.69, 9.17) is 0 Å². The maximum absolute atomic E-state index is 12.3. The van der Waals surface area contributed by atoms with Gasteiger partial charge in [0.1, 0.15) is 0 Å². The maximum atomic E-state index is 12.3. The van der Waals surface area contributed by atoms with Crippen molar-refractivity contribution >= 4 is 34.2 Å². The predicted molar refractivity (Wildman–Crippen MR) is 127 cm³/mol. The molecular formula is C26H29N3O3. The summed E-state index contributed by atoms with van der Waals surface area (Å²) in [4.78, 5) is 36.6. The summed E-state index contributed by atoms with van der Waals surface area (Å²) in [5, 5.41) is 10.5. The van der Waals surface area contributed by atoms with E-state index >= 15 is 0 Å². The van der Waals surface area contributed by atoms with E-state index in [0.29, 0.717) is 12.2 Å². The second-order valence-corrected chi connectivity index (χ2v) is 7.87. The summed E-state index contributed by atoms with van der Waals surface area (Å²) in [5.41, 5.74) is 2.49. The van der Waals surface area contributed by atoms with E-state index < -0.39 is 0 Å². The number of anilines is 1. The number of amides is 3. The predicted octanol–water partition coefficient (Wildman–Crippen LogP) is 3.80. The minimum Gasteiger partial charge on any atom is -0.350 e. The van der Waals surface area contributed by atoms with Crippen LogP contribution in [0, 0.1) is 5.92 Å². The fraction of sp³-hybridized carbons (Fsp3) is 0.269. The van der Waals surface area contributed by atoms with Crippen LogP contribution in [0.15, 0.2) is 66.7 Å². The molecule has 3 aromatic carbocycles. The van der Waals surface area contributed by atoms with Crippen molar-refractivity contribution in [1.29, 1.82) is 0 Å². The molecule has 0 saturated heterocycles. The molecule has 0 aliphatic carbocycles. The van der Waals surface area contributed by atoms with Crippen molar-refractivity contribution in [1.82, 2.24) is 10.6 Å². The van der Waals surface area contributed by atoms with Crippen LogP contribution >= 0.6 is 0 Å². The van der Waals surface area contributed by atoms with Crippen molar-refractivity contribution in [3.05, 3.63) is 77.9 Å². The first-order valence-corrected chi connectivity index (χ1v) is 10.9. The highest BCUT2D eigenvalue weighted by atomic mass is 16.2. The average Bonchev–Trinajstić information content (AvgIpc) is 2.81. The third kappa shape index (κ3) is 6.41. The molecule has 6 heteroatoms. The largest absolute Gasteiger partial charge is 0.350 e. The number of rotatable bonds is 9. The third-order valence-electron chi connectivity index (χ3n) is 5.42. The SMILES string of the molecule is CCC(C)C(=O)Nc1cccc(CNC(=O)CNC(=O)Cc2cccc3ccccc23)c1. The second-order valence-electron chi connectivity index (χ2n) is 7.87. The van der Waals surface area contributed by atoms with Crippen LogP contribution in [0.5, 0.6) is 0 Å². The minimum absolute atomic E-state index is 0.0254. The number of carbonyl (C=O) groups excluding carboxylic acids is 3. The van der Waals surface area contributed by atoms with E-state index in [1.807, 2.05) is 80.6 Å². The summed E-state index contributed by atoms with van der Waals surface area (Å²) in [6, 6.07) is 21.1. The molecule has 6 nitrogen and oxygen atoms in total. The molecule has 3 amide bonds. The number of hydrogen-bond donors (Lipinski definition) is 3. The fourth-order valence-corrected chi connectivity index (χ4v) is 3.33. The van der Waals surface area contributed by atoms with Gasteiger partial charge in [-0.25, -0.2) is 0 Å². The lowest BCUT2D eigenvalue weighted by atomic mass is 10.0. The van der Waals surface area contributed by atoms with E-state index in [9.17, 15) is 14.4 Å². The Hall–Kier alpha value is -3.67. The topological polar surface area (TPSA) is 87.3 Å². The van der Waals surface area contributed by atoms with Crippen LogP contribution in [0.3, 0.4) is 0 Å². The van der Waals surface area contributed by atoms with Gasteiger partial charge in [-0.1, -0.05) is 68.4 Å². The standard InChI is InChI=1S/C26H29N3O3/c1-3-18(2)26(32)29-22-12-6-8-19(14-22)16-27-25(31)17-28-24(30)15-21-11-7-10-20-9-4-5-13-23(20)21/h4-14,18H,3,15-17H2,1-2H3,(H,27,31)(H,28,30)(H,29,32). The van der Waals surface area contributed by atoms with Gasteiger partial charge in [0.2, 0.25) is 17.7 Å². The van der Waals surface area contributed by atoms with Gasteiger partial charge in [0.15, 0.2) is 0 Å². The van der Waals surface area contributed by atoms with Crippen LogP contribution < -0.4 is 16.0 Å². The van der Waals surface area contributed by atoms with Gasteiger partial charge in [0.05, 0.1) is 13.0 Å². The number of nitrogens with one attached hydrogen (secondary N) is 3. The van der Waals surface area contributed by atoms with Gasteiger partial charge in [0, 0.05) is 18.2 Å². The highest BCUT2D eigenvalue weighted by molar-refractivity contribution is 5.93. The Morgan fingerprint density at radius 1 is 0.875 bits per heavy atom. The number of carbonyl (C=O) groups is 3. The summed E-state index contributed by atoms with van der Waals surface area (Å²) >= 11 is 0. The molecule has 3 rings (SSSR count). The molecule has 0 spiro atoms. The van der Waals surface area contributed by atoms with Crippen molar-refractivity contribution in [3.8, 4) is 0 Å². The summed E-state index contributed by atoms with van der Waals surface area (Å²) in [6.45, 7) is 4.07. The van der Waals surface area contributed by atoms with E-state index in [0.717, 1.165) is 28.3 Å². The second kappa shape index (κ2) is 11.1. The van der Waals surface area contributed by atoms with Gasteiger partial charge in [-0.2, -0.15) is 0 Å². The van der Waals surface area contributed by atoms with Gasteiger partial charge in [-0.3, -0.25) is 14.4 Å². The molecule has 3 N–H and O–H groups in total. The van der Waals surface area contributed by atoms with Crippen molar-refractivity contribution in [2.75, 3.05) is 11.9 Å². The highest BCUT2D eigenvalue weighted by Crippen LogP contribution is 2.18. The van der Waals surface area contributed by atoms with Gasteiger partial charge >= 0.3 is 0 Å². The van der Waals surface area contributed by atoms with Crippen molar-refractivity contribution in [2.45, 2.75) is 33.2 Å². The molecule has 1 unspecified atom stereocenters. The number of hydrogen-bond acceptors (Lipinski definition) is 3. The van der Waals surface area contributed by atoms with Crippen LogP contribution in [-0.2, 0) is 27.3 Å². The van der Waals surface area contributed by atoms with E-state index in [2.05, 4.69) is 16.0 Å². The Labute approximate surface area is 188 Å². The molecule has 0 saturated carbocycles. The monoisotopic (exact) mass is 431 g/mol. The number of benzene rings is 3. The van der Waals surface area contributed by atoms with Gasteiger partial charge in [-0.05, 0) is 40.5 Å². The Bertz CT molecular complexity index is 1100. The van der Waals surface area contributed by atoms with Crippen molar-refractivity contribution in [2.24, 2.45) is 5.92 Å². The Morgan fingerprint density at radius 3 is 2.44 bits per heavy atom. The molecular weight excluding hydrogens is 402 g/mol. The van der Waals surface area contributed by atoms with Crippen LogP contribution in [0.25, 0.3) is 10.8 Å². The summed E-state index contributed by atoms with van der Waals surface area (Å²) in [7, 11) is 0. The zero-order valence-corrected chi connectivity index (χ0v) is 18.5. The zero-order chi connectivity index (χ0) is 22.9. The smallest absolute Gasteiger partial charge is 0.239 e. The first kappa shape index (κ1) is 23.0. The molecule has 3 aromatic rings. The van der Waals surface area contributed by atoms with Crippen LogP contribution in [0.1, 0.15) is 31.4 Å². The highest BCUT2D eigenvalue weighted by Gasteiger charge is 2.11.